The molecule has 20 heavy (non-hydrogen) atoms. The van der Waals surface area contributed by atoms with E-state index in [1.165, 1.54) is 18.2 Å². The highest BCUT2D eigenvalue weighted by Crippen LogP contribution is 2.15. The van der Waals surface area contributed by atoms with Crippen LogP contribution in [0.1, 0.15) is 18.4 Å². The molecule has 0 saturated carbocycles. The molecule has 1 heterocycles. The summed E-state index contributed by atoms with van der Waals surface area (Å²) in [7, 11) is 0. The predicted octanol–water partition coefficient (Wildman–Crippen LogP) is 1.37. The summed E-state index contributed by atoms with van der Waals surface area (Å²) < 4.78 is 18.4. The lowest BCUT2D eigenvalue weighted by atomic mass is 10.2. The van der Waals surface area contributed by atoms with E-state index in [1.807, 2.05) is 0 Å². The fourth-order valence-electron chi connectivity index (χ4n) is 2.00. The number of anilines is 1. The zero-order valence-corrected chi connectivity index (χ0v) is 11.2. The monoisotopic (exact) mass is 280 g/mol. The quantitative estimate of drug-likeness (QED) is 0.822. The van der Waals surface area contributed by atoms with Gasteiger partial charge in [0.05, 0.1) is 6.10 Å². The van der Waals surface area contributed by atoms with Crippen molar-refractivity contribution in [1.29, 1.82) is 0 Å². The molecule has 1 aromatic carbocycles. The van der Waals surface area contributed by atoms with Crippen molar-refractivity contribution >= 4 is 17.5 Å². The van der Waals surface area contributed by atoms with E-state index in [4.69, 9.17) is 4.74 Å². The van der Waals surface area contributed by atoms with Crippen molar-refractivity contribution in [1.82, 2.24) is 5.32 Å². The minimum absolute atomic E-state index is 0.0253. The maximum Gasteiger partial charge on any atom is 0.313 e. The Balaban J connectivity index is 1.87. The Bertz CT molecular complexity index is 513. The highest BCUT2D eigenvalue weighted by atomic mass is 19.1. The molecule has 1 aliphatic heterocycles. The Hall–Kier alpha value is -1.95. The lowest BCUT2D eigenvalue weighted by molar-refractivity contribution is -0.136. The van der Waals surface area contributed by atoms with Gasteiger partial charge in [0.2, 0.25) is 0 Å². The molecule has 1 aromatic rings. The zero-order chi connectivity index (χ0) is 14.5. The standard InChI is InChI=1S/C14H17FN2O3/c1-9-4-5-10(15)7-12(9)17-14(19)13(18)16-8-11-3-2-6-20-11/h4-5,7,11H,2-3,6,8H2,1H3,(H,16,18)(H,17,19)/t11-/m0/s1. The second kappa shape index (κ2) is 6.47. The minimum atomic E-state index is -0.809. The van der Waals surface area contributed by atoms with Crippen LogP contribution in [0.2, 0.25) is 0 Å². The van der Waals surface area contributed by atoms with Gasteiger partial charge in [-0.3, -0.25) is 9.59 Å². The zero-order valence-electron chi connectivity index (χ0n) is 11.2. The predicted molar refractivity (Wildman–Crippen MR) is 71.8 cm³/mol. The molecule has 1 saturated heterocycles. The van der Waals surface area contributed by atoms with Crippen molar-refractivity contribution < 1.29 is 18.7 Å². The molecule has 1 fully saturated rings. The van der Waals surface area contributed by atoms with Crippen LogP contribution >= 0.6 is 0 Å². The first-order valence-electron chi connectivity index (χ1n) is 6.53. The van der Waals surface area contributed by atoms with Crippen LogP contribution in [-0.4, -0.2) is 31.1 Å². The van der Waals surface area contributed by atoms with Gasteiger partial charge < -0.3 is 15.4 Å². The van der Waals surface area contributed by atoms with Gasteiger partial charge in [0.25, 0.3) is 0 Å². The van der Waals surface area contributed by atoms with Gasteiger partial charge in [-0.25, -0.2) is 4.39 Å². The maximum atomic E-state index is 13.1. The summed E-state index contributed by atoms with van der Waals surface area (Å²) in [4.78, 5) is 23.3. The normalized spacial score (nSPS) is 17.8. The van der Waals surface area contributed by atoms with E-state index in [0.29, 0.717) is 24.4 Å². The van der Waals surface area contributed by atoms with E-state index in [2.05, 4.69) is 10.6 Å². The Morgan fingerprint density at radius 2 is 2.20 bits per heavy atom. The summed E-state index contributed by atoms with van der Waals surface area (Å²) in [5, 5.41) is 4.90. The van der Waals surface area contributed by atoms with Gasteiger partial charge in [-0.15, -0.1) is 0 Å². The second-order valence-corrected chi connectivity index (χ2v) is 4.76. The molecule has 2 rings (SSSR count). The van der Waals surface area contributed by atoms with Crippen molar-refractivity contribution in [3.63, 3.8) is 0 Å². The number of aryl methyl sites for hydroxylation is 1. The van der Waals surface area contributed by atoms with Gasteiger partial charge in [-0.2, -0.15) is 0 Å². The Morgan fingerprint density at radius 1 is 1.40 bits per heavy atom. The third-order valence-corrected chi connectivity index (χ3v) is 3.17. The third-order valence-electron chi connectivity index (χ3n) is 3.17. The van der Waals surface area contributed by atoms with Crippen molar-refractivity contribution in [3.05, 3.63) is 29.6 Å². The van der Waals surface area contributed by atoms with Crippen LogP contribution in [0.25, 0.3) is 0 Å². The summed E-state index contributed by atoms with van der Waals surface area (Å²) in [5.74, 6) is -2.02. The molecule has 0 unspecified atom stereocenters. The summed E-state index contributed by atoms with van der Waals surface area (Å²) in [6.07, 6.45) is 1.82. The van der Waals surface area contributed by atoms with Crippen molar-refractivity contribution in [3.8, 4) is 0 Å². The van der Waals surface area contributed by atoms with Crippen LogP contribution in [0.3, 0.4) is 0 Å². The average Bonchev–Trinajstić information content (AvgIpc) is 2.93. The van der Waals surface area contributed by atoms with Gasteiger partial charge in [-0.05, 0) is 37.5 Å². The first-order chi connectivity index (χ1) is 9.56. The average molecular weight is 280 g/mol. The fourth-order valence-corrected chi connectivity index (χ4v) is 2.00. The fraction of sp³-hybridized carbons (Fsp3) is 0.429. The van der Waals surface area contributed by atoms with Crippen LogP contribution in [0.4, 0.5) is 10.1 Å². The number of ether oxygens (including phenoxy) is 1. The Morgan fingerprint density at radius 3 is 2.90 bits per heavy atom. The van der Waals surface area contributed by atoms with Crippen LogP contribution in [0, 0.1) is 12.7 Å². The molecule has 108 valence electrons. The molecule has 1 atom stereocenters. The number of carbonyl (C=O) groups excluding carboxylic acids is 2. The lowest BCUT2D eigenvalue weighted by Gasteiger charge is -2.11. The largest absolute Gasteiger partial charge is 0.376 e. The molecule has 6 heteroatoms. The number of amides is 2. The molecule has 0 aliphatic carbocycles. The first-order valence-corrected chi connectivity index (χ1v) is 6.53. The van der Waals surface area contributed by atoms with Crippen LogP contribution in [-0.2, 0) is 14.3 Å². The van der Waals surface area contributed by atoms with Crippen LogP contribution < -0.4 is 10.6 Å². The Kier molecular flexibility index (Phi) is 4.68. The molecule has 0 spiro atoms. The maximum absolute atomic E-state index is 13.1. The molecule has 0 radical (unpaired) electrons. The van der Waals surface area contributed by atoms with Gasteiger partial charge >= 0.3 is 11.8 Å². The van der Waals surface area contributed by atoms with E-state index in [0.717, 1.165) is 12.8 Å². The van der Waals surface area contributed by atoms with Gasteiger partial charge in [0.1, 0.15) is 5.82 Å². The van der Waals surface area contributed by atoms with E-state index < -0.39 is 17.6 Å². The summed E-state index contributed by atoms with van der Waals surface area (Å²) in [5.41, 5.74) is 0.981. The molecular weight excluding hydrogens is 263 g/mol. The molecule has 0 bridgehead atoms. The van der Waals surface area contributed by atoms with Gasteiger partial charge in [0.15, 0.2) is 0 Å². The number of halogens is 1. The van der Waals surface area contributed by atoms with E-state index in [9.17, 15) is 14.0 Å². The van der Waals surface area contributed by atoms with Crippen LogP contribution in [0.15, 0.2) is 18.2 Å². The van der Waals surface area contributed by atoms with Crippen molar-refractivity contribution in [2.24, 2.45) is 0 Å². The number of nitrogens with one attached hydrogen (secondary N) is 2. The Labute approximate surface area is 116 Å². The minimum Gasteiger partial charge on any atom is -0.376 e. The lowest BCUT2D eigenvalue weighted by Crippen LogP contribution is -2.39. The molecule has 0 aromatic heterocycles. The second-order valence-electron chi connectivity index (χ2n) is 4.76. The molecular formula is C14H17FN2O3. The highest BCUT2D eigenvalue weighted by Gasteiger charge is 2.19. The number of benzene rings is 1. The van der Waals surface area contributed by atoms with E-state index >= 15 is 0 Å². The number of hydrogen-bond donors (Lipinski definition) is 2. The molecule has 2 N–H and O–H groups in total. The summed E-state index contributed by atoms with van der Waals surface area (Å²) >= 11 is 0. The van der Waals surface area contributed by atoms with E-state index in [1.54, 1.807) is 6.92 Å². The van der Waals surface area contributed by atoms with Gasteiger partial charge in [-0.1, -0.05) is 6.07 Å². The van der Waals surface area contributed by atoms with E-state index in [-0.39, 0.29) is 6.10 Å². The van der Waals surface area contributed by atoms with Crippen molar-refractivity contribution in [2.45, 2.75) is 25.9 Å². The first kappa shape index (κ1) is 14.5. The molecule has 2 amide bonds. The number of hydrogen-bond acceptors (Lipinski definition) is 3. The third kappa shape index (κ3) is 3.77. The molecule has 1 aliphatic rings. The SMILES string of the molecule is Cc1ccc(F)cc1NC(=O)C(=O)NC[C@@H]1CCCO1. The highest BCUT2D eigenvalue weighted by molar-refractivity contribution is 6.39. The van der Waals surface area contributed by atoms with Gasteiger partial charge in [0, 0.05) is 18.8 Å². The smallest absolute Gasteiger partial charge is 0.313 e. The number of rotatable bonds is 3. The topological polar surface area (TPSA) is 67.4 Å². The van der Waals surface area contributed by atoms with Crippen LogP contribution in [0.5, 0.6) is 0 Å². The summed E-state index contributed by atoms with van der Waals surface area (Å²) in [6, 6.07) is 4.01. The summed E-state index contributed by atoms with van der Waals surface area (Å²) in [6.45, 7) is 2.73. The number of carbonyl (C=O) groups is 2. The van der Waals surface area contributed by atoms with Crippen molar-refractivity contribution in [2.75, 3.05) is 18.5 Å². The molecule has 5 nitrogen and oxygen atoms in total.